The van der Waals surface area contributed by atoms with Crippen molar-refractivity contribution < 1.29 is 18.7 Å². The number of aromatic nitrogens is 2. The highest BCUT2D eigenvalue weighted by molar-refractivity contribution is 7.09. The topological polar surface area (TPSA) is 67.8 Å². The van der Waals surface area contributed by atoms with Gasteiger partial charge in [0.1, 0.15) is 23.1 Å². The molecule has 0 spiro atoms. The highest BCUT2D eigenvalue weighted by Gasteiger charge is 2.24. The number of hydrogen-bond donors (Lipinski definition) is 0. The van der Waals surface area contributed by atoms with Gasteiger partial charge >= 0.3 is 0 Å². The average Bonchev–Trinajstić information content (AvgIpc) is 3.14. The summed E-state index contributed by atoms with van der Waals surface area (Å²) in [6.07, 6.45) is 1.39. The van der Waals surface area contributed by atoms with E-state index >= 15 is 0 Å². The highest BCUT2D eigenvalue weighted by Crippen LogP contribution is 2.27. The van der Waals surface area contributed by atoms with Crippen molar-refractivity contribution >= 4 is 22.6 Å². The molecule has 0 bridgehead atoms. The number of ether oxygens (including phenoxy) is 2. The molecule has 2 aromatic carbocycles. The van der Waals surface area contributed by atoms with E-state index in [1.54, 1.807) is 44.6 Å². The Bertz CT molecular complexity index is 1070. The van der Waals surface area contributed by atoms with Crippen LogP contribution in [0.1, 0.15) is 28.2 Å². The zero-order chi connectivity index (χ0) is 22.5. The molecular weight excluding hydrogens is 431 g/mol. The molecule has 1 aromatic heterocycles. The third kappa shape index (κ3) is 4.99. The van der Waals surface area contributed by atoms with E-state index in [0.29, 0.717) is 43.1 Å². The van der Waals surface area contributed by atoms with Gasteiger partial charge in [0.05, 0.1) is 19.8 Å². The Morgan fingerprint density at radius 1 is 1.06 bits per heavy atom. The SMILES string of the molecule is COc1ccc(C(=O)N2CCCN(c3nc(Cc4ccc(F)cc4)ns3)CC2)c(OC)c1. The summed E-state index contributed by atoms with van der Waals surface area (Å²) in [5.74, 6) is 1.56. The molecule has 32 heavy (non-hydrogen) atoms. The van der Waals surface area contributed by atoms with Crippen LogP contribution in [0.2, 0.25) is 0 Å². The lowest BCUT2D eigenvalue weighted by molar-refractivity contribution is 0.0763. The second-order valence-electron chi connectivity index (χ2n) is 7.50. The van der Waals surface area contributed by atoms with Crippen LogP contribution in [0.5, 0.6) is 11.5 Å². The maximum Gasteiger partial charge on any atom is 0.257 e. The van der Waals surface area contributed by atoms with E-state index in [1.807, 2.05) is 4.90 Å². The van der Waals surface area contributed by atoms with E-state index in [9.17, 15) is 9.18 Å². The molecule has 0 atom stereocenters. The molecule has 1 aliphatic heterocycles. The van der Waals surface area contributed by atoms with Gasteiger partial charge < -0.3 is 19.3 Å². The molecule has 1 aliphatic rings. The van der Waals surface area contributed by atoms with E-state index in [1.165, 1.54) is 23.7 Å². The van der Waals surface area contributed by atoms with E-state index in [4.69, 9.17) is 9.47 Å². The number of benzene rings is 2. The van der Waals surface area contributed by atoms with Crippen molar-refractivity contribution in [2.45, 2.75) is 12.8 Å². The molecule has 168 valence electrons. The number of methoxy groups -OCH3 is 2. The van der Waals surface area contributed by atoms with E-state index in [-0.39, 0.29) is 11.7 Å². The second kappa shape index (κ2) is 9.95. The summed E-state index contributed by atoms with van der Waals surface area (Å²) in [6, 6.07) is 11.6. The first-order valence-electron chi connectivity index (χ1n) is 10.4. The molecule has 0 radical (unpaired) electrons. The van der Waals surface area contributed by atoms with Crippen LogP contribution in [-0.2, 0) is 6.42 Å². The third-order valence-corrected chi connectivity index (χ3v) is 6.24. The molecule has 9 heteroatoms. The van der Waals surface area contributed by atoms with Gasteiger partial charge in [0.2, 0.25) is 5.13 Å². The van der Waals surface area contributed by atoms with Gasteiger partial charge in [-0.1, -0.05) is 12.1 Å². The van der Waals surface area contributed by atoms with Crippen LogP contribution in [-0.4, -0.2) is 60.6 Å². The number of rotatable bonds is 6. The monoisotopic (exact) mass is 456 g/mol. The van der Waals surface area contributed by atoms with Crippen LogP contribution < -0.4 is 14.4 Å². The van der Waals surface area contributed by atoms with E-state index in [0.717, 1.165) is 29.5 Å². The second-order valence-corrected chi connectivity index (χ2v) is 8.23. The number of carbonyl (C=O) groups excluding carboxylic acids is 1. The lowest BCUT2D eigenvalue weighted by atomic mass is 10.1. The summed E-state index contributed by atoms with van der Waals surface area (Å²) < 4.78 is 28.2. The van der Waals surface area contributed by atoms with Crippen molar-refractivity contribution in [3.63, 3.8) is 0 Å². The van der Waals surface area contributed by atoms with Crippen molar-refractivity contribution in [1.29, 1.82) is 0 Å². The fourth-order valence-corrected chi connectivity index (χ4v) is 4.42. The Kier molecular flexibility index (Phi) is 6.84. The minimum atomic E-state index is -0.253. The molecule has 1 fully saturated rings. The van der Waals surface area contributed by atoms with Gasteiger partial charge in [-0.2, -0.15) is 4.37 Å². The summed E-state index contributed by atoms with van der Waals surface area (Å²) in [6.45, 7) is 2.72. The number of carbonyl (C=O) groups is 1. The van der Waals surface area contributed by atoms with Gasteiger partial charge in [0, 0.05) is 50.2 Å². The molecule has 3 aromatic rings. The maximum atomic E-state index is 13.1. The predicted molar refractivity (Wildman–Crippen MR) is 121 cm³/mol. The largest absolute Gasteiger partial charge is 0.497 e. The fourth-order valence-electron chi connectivity index (χ4n) is 3.69. The van der Waals surface area contributed by atoms with E-state index in [2.05, 4.69) is 14.3 Å². The first-order valence-corrected chi connectivity index (χ1v) is 11.2. The molecule has 7 nitrogen and oxygen atoms in total. The van der Waals surface area contributed by atoms with Gasteiger partial charge in [0.25, 0.3) is 5.91 Å². The molecule has 1 saturated heterocycles. The normalized spacial score (nSPS) is 14.2. The van der Waals surface area contributed by atoms with Crippen molar-refractivity contribution in [1.82, 2.24) is 14.3 Å². The van der Waals surface area contributed by atoms with Crippen LogP contribution in [0, 0.1) is 5.82 Å². The zero-order valence-electron chi connectivity index (χ0n) is 18.1. The molecule has 4 rings (SSSR count). The minimum absolute atomic E-state index is 0.0550. The van der Waals surface area contributed by atoms with E-state index < -0.39 is 0 Å². The third-order valence-electron chi connectivity index (χ3n) is 5.43. The van der Waals surface area contributed by atoms with Crippen molar-refractivity contribution in [2.75, 3.05) is 45.3 Å². The molecule has 2 heterocycles. The first-order chi connectivity index (χ1) is 15.6. The first kappa shape index (κ1) is 22.0. The van der Waals surface area contributed by atoms with Crippen LogP contribution in [0.25, 0.3) is 0 Å². The standard InChI is InChI=1S/C23H25FN4O3S/c1-30-18-8-9-19(20(15-18)31-2)22(29)27-10-3-11-28(13-12-27)23-25-21(26-32-23)14-16-4-6-17(24)7-5-16/h4-9,15H,3,10-14H2,1-2H3. The van der Waals surface area contributed by atoms with Crippen LogP contribution in [0.4, 0.5) is 9.52 Å². The van der Waals surface area contributed by atoms with Crippen molar-refractivity contribution in [3.8, 4) is 11.5 Å². The molecule has 0 unspecified atom stereocenters. The molecule has 0 aliphatic carbocycles. The van der Waals surface area contributed by atoms with Crippen LogP contribution in [0.3, 0.4) is 0 Å². The fraction of sp³-hybridized carbons (Fsp3) is 0.348. The average molecular weight is 457 g/mol. The Hall–Kier alpha value is -3.20. The Balaban J connectivity index is 1.41. The lowest BCUT2D eigenvalue weighted by Gasteiger charge is -2.22. The Labute approximate surface area is 190 Å². The van der Waals surface area contributed by atoms with Crippen molar-refractivity contribution in [2.24, 2.45) is 0 Å². The minimum Gasteiger partial charge on any atom is -0.497 e. The smallest absolute Gasteiger partial charge is 0.257 e. The van der Waals surface area contributed by atoms with Crippen LogP contribution in [0.15, 0.2) is 42.5 Å². The quantitative estimate of drug-likeness (QED) is 0.564. The molecule has 1 amide bonds. The van der Waals surface area contributed by atoms with Crippen LogP contribution >= 0.6 is 11.5 Å². The molecule has 0 N–H and O–H groups in total. The lowest BCUT2D eigenvalue weighted by Crippen LogP contribution is -2.35. The molecule has 0 saturated carbocycles. The Morgan fingerprint density at radius 3 is 2.62 bits per heavy atom. The summed E-state index contributed by atoms with van der Waals surface area (Å²) in [7, 11) is 3.13. The highest BCUT2D eigenvalue weighted by atomic mass is 32.1. The van der Waals surface area contributed by atoms with Gasteiger partial charge in [0.15, 0.2) is 0 Å². The molecular formula is C23H25FN4O3S. The van der Waals surface area contributed by atoms with Gasteiger partial charge in [-0.15, -0.1) is 0 Å². The number of anilines is 1. The Morgan fingerprint density at radius 2 is 1.88 bits per heavy atom. The maximum absolute atomic E-state index is 13.1. The van der Waals surface area contributed by atoms with Gasteiger partial charge in [-0.05, 0) is 36.2 Å². The number of hydrogen-bond acceptors (Lipinski definition) is 7. The van der Waals surface area contributed by atoms with Gasteiger partial charge in [-0.25, -0.2) is 9.37 Å². The number of nitrogens with zero attached hydrogens (tertiary/aromatic N) is 4. The number of halogens is 1. The zero-order valence-corrected chi connectivity index (χ0v) is 18.9. The summed E-state index contributed by atoms with van der Waals surface area (Å²) >= 11 is 1.36. The summed E-state index contributed by atoms with van der Waals surface area (Å²) in [5.41, 5.74) is 1.50. The van der Waals surface area contributed by atoms with Gasteiger partial charge in [-0.3, -0.25) is 4.79 Å². The van der Waals surface area contributed by atoms with Crippen molar-refractivity contribution in [3.05, 3.63) is 65.2 Å². The summed E-state index contributed by atoms with van der Waals surface area (Å²) in [4.78, 5) is 21.8. The summed E-state index contributed by atoms with van der Waals surface area (Å²) in [5, 5.41) is 0.846. The number of amides is 1. The predicted octanol–water partition coefficient (Wildman–Crippen LogP) is 3.64.